The largest absolute Gasteiger partial charge is 0.493 e. The molecule has 0 aliphatic heterocycles. The molecule has 0 unspecified atom stereocenters. The fourth-order valence-electron chi connectivity index (χ4n) is 2.75. The fraction of sp³-hybridized carbons (Fsp3) is 0.650. The van der Waals surface area contributed by atoms with Crippen molar-refractivity contribution in [3.05, 3.63) is 23.3 Å². The van der Waals surface area contributed by atoms with E-state index in [-0.39, 0.29) is 5.91 Å². The van der Waals surface area contributed by atoms with Gasteiger partial charge in [-0.2, -0.15) is 0 Å². The first kappa shape index (κ1) is 20.5. The summed E-state index contributed by atoms with van der Waals surface area (Å²) in [6.45, 7) is 13.3. The molecule has 24 heavy (non-hydrogen) atoms. The lowest BCUT2D eigenvalue weighted by atomic mass is 9.97. The number of rotatable bonds is 10. The molecule has 0 aliphatic carbocycles. The molecule has 0 saturated heterocycles. The van der Waals surface area contributed by atoms with Crippen molar-refractivity contribution in [2.45, 2.75) is 72.8 Å². The van der Waals surface area contributed by atoms with E-state index in [2.05, 4.69) is 19.2 Å². The van der Waals surface area contributed by atoms with Gasteiger partial charge < -0.3 is 14.8 Å². The summed E-state index contributed by atoms with van der Waals surface area (Å²) in [5.74, 6) is 0.818. The molecule has 0 heterocycles. The van der Waals surface area contributed by atoms with Gasteiger partial charge in [-0.15, -0.1) is 0 Å². The normalized spacial score (nSPS) is 13.4. The smallest absolute Gasteiger partial charge is 0.256 e. The third-order valence-corrected chi connectivity index (χ3v) is 4.12. The minimum atomic E-state index is -0.785. The number of amides is 1. The van der Waals surface area contributed by atoms with E-state index in [1.54, 1.807) is 0 Å². The summed E-state index contributed by atoms with van der Waals surface area (Å²) in [5, 5.41) is 3.03. The van der Waals surface area contributed by atoms with E-state index in [1.165, 1.54) is 0 Å². The lowest BCUT2D eigenvalue weighted by Gasteiger charge is -2.29. The molecule has 0 aliphatic rings. The molecule has 1 aromatic carbocycles. The van der Waals surface area contributed by atoms with Gasteiger partial charge in [-0.1, -0.05) is 26.7 Å². The molecule has 4 nitrogen and oxygen atoms in total. The lowest BCUT2D eigenvalue weighted by molar-refractivity contribution is -0.140. The molecule has 1 aromatic rings. The van der Waals surface area contributed by atoms with Crippen LogP contribution >= 0.6 is 0 Å². The average Bonchev–Trinajstić information content (AvgIpc) is 2.54. The van der Waals surface area contributed by atoms with E-state index < -0.39 is 5.60 Å². The van der Waals surface area contributed by atoms with Crippen LogP contribution in [0, 0.1) is 13.8 Å². The van der Waals surface area contributed by atoms with Gasteiger partial charge in [0.1, 0.15) is 11.4 Å². The average molecular weight is 335 g/mol. The summed E-state index contributed by atoms with van der Waals surface area (Å²) in [7, 11) is 0. The van der Waals surface area contributed by atoms with E-state index in [0.29, 0.717) is 13.2 Å². The molecule has 0 fully saturated rings. The van der Waals surface area contributed by atoms with Crippen LogP contribution < -0.4 is 10.1 Å². The van der Waals surface area contributed by atoms with Crippen molar-refractivity contribution < 1.29 is 14.3 Å². The van der Waals surface area contributed by atoms with E-state index in [9.17, 15) is 4.79 Å². The Hall–Kier alpha value is -1.55. The van der Waals surface area contributed by atoms with Gasteiger partial charge in [0.15, 0.2) is 0 Å². The third-order valence-electron chi connectivity index (χ3n) is 4.12. The highest BCUT2D eigenvalue weighted by atomic mass is 16.5. The van der Waals surface area contributed by atoms with Crippen LogP contribution in [0.15, 0.2) is 12.1 Å². The zero-order valence-corrected chi connectivity index (χ0v) is 16.1. The number of unbranched alkanes of at least 4 members (excludes halogenated alkanes) is 1. The molecule has 136 valence electrons. The van der Waals surface area contributed by atoms with Crippen molar-refractivity contribution in [1.82, 2.24) is 0 Å². The number of nitrogens with one attached hydrogen (secondary N) is 1. The second kappa shape index (κ2) is 9.67. The van der Waals surface area contributed by atoms with Crippen molar-refractivity contribution in [1.29, 1.82) is 0 Å². The van der Waals surface area contributed by atoms with Crippen molar-refractivity contribution in [3.8, 4) is 5.75 Å². The van der Waals surface area contributed by atoms with Crippen molar-refractivity contribution >= 4 is 11.6 Å². The molecule has 1 rings (SSSR count). The van der Waals surface area contributed by atoms with Crippen molar-refractivity contribution in [3.63, 3.8) is 0 Å². The SMILES string of the molecule is CCCC[C@](C)(OCCC)C(=O)Nc1cc(C)c(OCC)c(C)c1. The summed E-state index contributed by atoms with van der Waals surface area (Å²) in [4.78, 5) is 12.8. The van der Waals surface area contributed by atoms with E-state index in [4.69, 9.17) is 9.47 Å². The molecule has 0 aromatic heterocycles. The number of anilines is 1. The first-order valence-electron chi connectivity index (χ1n) is 9.07. The molecule has 4 heteroatoms. The maximum atomic E-state index is 12.8. The standard InChI is InChI=1S/C20H33NO3/c1-7-10-11-20(6,24-12-8-2)19(22)21-17-13-15(4)18(23-9-3)16(5)14-17/h13-14H,7-12H2,1-6H3,(H,21,22)/t20-/m0/s1. The van der Waals surface area contributed by atoms with Crippen LogP contribution in [0.2, 0.25) is 0 Å². The van der Waals surface area contributed by atoms with Gasteiger partial charge in [0.05, 0.1) is 6.61 Å². The van der Waals surface area contributed by atoms with Crippen molar-refractivity contribution in [2.24, 2.45) is 0 Å². The van der Waals surface area contributed by atoms with Crippen LogP contribution in [0.4, 0.5) is 5.69 Å². The fourth-order valence-corrected chi connectivity index (χ4v) is 2.75. The van der Waals surface area contributed by atoms with Crippen LogP contribution in [0.1, 0.15) is 64.5 Å². The maximum Gasteiger partial charge on any atom is 0.256 e. The van der Waals surface area contributed by atoms with E-state index in [0.717, 1.165) is 48.2 Å². The summed E-state index contributed by atoms with van der Waals surface area (Å²) >= 11 is 0. The zero-order chi connectivity index (χ0) is 18.2. The molecule has 0 spiro atoms. The topological polar surface area (TPSA) is 47.6 Å². The summed E-state index contributed by atoms with van der Waals surface area (Å²) in [5.41, 5.74) is 2.06. The highest BCUT2D eigenvalue weighted by molar-refractivity contribution is 5.97. The highest BCUT2D eigenvalue weighted by Crippen LogP contribution is 2.28. The highest BCUT2D eigenvalue weighted by Gasteiger charge is 2.33. The van der Waals surface area contributed by atoms with Crippen LogP contribution in [0.25, 0.3) is 0 Å². The predicted molar refractivity (Wildman–Crippen MR) is 99.9 cm³/mol. The molecule has 0 radical (unpaired) electrons. The molecule has 1 amide bonds. The van der Waals surface area contributed by atoms with Crippen LogP contribution in [-0.2, 0) is 9.53 Å². The Balaban J connectivity index is 2.93. The quantitative estimate of drug-likeness (QED) is 0.653. The molecular formula is C20H33NO3. The first-order valence-corrected chi connectivity index (χ1v) is 9.07. The number of benzene rings is 1. The third kappa shape index (κ3) is 5.52. The lowest BCUT2D eigenvalue weighted by Crippen LogP contribution is -2.43. The molecule has 0 saturated carbocycles. The van der Waals surface area contributed by atoms with Gasteiger partial charge >= 0.3 is 0 Å². The van der Waals surface area contributed by atoms with Gasteiger partial charge in [0.25, 0.3) is 5.91 Å². The Morgan fingerprint density at radius 3 is 2.25 bits per heavy atom. The predicted octanol–water partition coefficient (Wildman–Crippen LogP) is 5.02. The van der Waals surface area contributed by atoms with Gasteiger partial charge in [-0.3, -0.25) is 4.79 Å². The summed E-state index contributed by atoms with van der Waals surface area (Å²) in [6.07, 6.45) is 3.63. The van der Waals surface area contributed by atoms with E-state index in [1.807, 2.05) is 39.8 Å². The summed E-state index contributed by atoms with van der Waals surface area (Å²) < 4.78 is 11.6. The first-order chi connectivity index (χ1) is 11.4. The number of carbonyl (C=O) groups is 1. The number of aryl methyl sites for hydroxylation is 2. The van der Waals surface area contributed by atoms with Gasteiger partial charge in [0.2, 0.25) is 0 Å². The second-order valence-corrected chi connectivity index (χ2v) is 6.51. The zero-order valence-electron chi connectivity index (χ0n) is 16.1. The van der Waals surface area contributed by atoms with Crippen LogP contribution in [0.3, 0.4) is 0 Å². The van der Waals surface area contributed by atoms with Crippen LogP contribution in [-0.4, -0.2) is 24.7 Å². The number of ether oxygens (including phenoxy) is 2. The number of hydrogen-bond acceptors (Lipinski definition) is 3. The van der Waals surface area contributed by atoms with E-state index >= 15 is 0 Å². The number of carbonyl (C=O) groups excluding carboxylic acids is 1. The second-order valence-electron chi connectivity index (χ2n) is 6.51. The Morgan fingerprint density at radius 1 is 1.12 bits per heavy atom. The van der Waals surface area contributed by atoms with Gasteiger partial charge in [-0.05, 0) is 63.8 Å². The maximum absolute atomic E-state index is 12.8. The van der Waals surface area contributed by atoms with Crippen molar-refractivity contribution in [2.75, 3.05) is 18.5 Å². The Kier molecular flexibility index (Phi) is 8.26. The van der Waals surface area contributed by atoms with Gasteiger partial charge in [-0.25, -0.2) is 0 Å². The molecule has 1 atom stereocenters. The molecule has 1 N–H and O–H groups in total. The number of hydrogen-bond donors (Lipinski definition) is 1. The molecular weight excluding hydrogens is 302 g/mol. The van der Waals surface area contributed by atoms with Gasteiger partial charge in [0, 0.05) is 12.3 Å². The minimum Gasteiger partial charge on any atom is -0.493 e. The summed E-state index contributed by atoms with van der Waals surface area (Å²) in [6, 6.07) is 3.91. The van der Waals surface area contributed by atoms with Crippen LogP contribution in [0.5, 0.6) is 5.75 Å². The molecule has 0 bridgehead atoms. The minimum absolute atomic E-state index is 0.0765. The monoisotopic (exact) mass is 335 g/mol. The Bertz CT molecular complexity index is 509. The Morgan fingerprint density at radius 2 is 1.75 bits per heavy atom. The Labute approximate surface area is 146 Å².